The van der Waals surface area contributed by atoms with Crippen molar-refractivity contribution in [2.45, 2.75) is 11.8 Å². The molecule has 0 N–H and O–H groups in total. The number of non-ortho nitro benzene ring substituents is 1. The Morgan fingerprint density at radius 1 is 1.58 bits per heavy atom. The molecule has 1 atom stereocenters. The first-order chi connectivity index (χ1) is 5.61. The molecule has 0 unspecified atom stereocenters. The summed E-state index contributed by atoms with van der Waals surface area (Å²) in [5.41, 5.74) is 1.06. The van der Waals surface area contributed by atoms with Crippen molar-refractivity contribution < 1.29 is 4.92 Å². The van der Waals surface area contributed by atoms with Gasteiger partial charge >= 0.3 is 0 Å². The molecule has 0 fully saturated rings. The summed E-state index contributed by atoms with van der Waals surface area (Å²) in [5.74, 6) is 0. The van der Waals surface area contributed by atoms with E-state index in [9.17, 15) is 10.1 Å². The molecule has 12 heavy (non-hydrogen) atoms. The summed E-state index contributed by atoms with van der Waals surface area (Å²) in [6.07, 6.45) is 0. The Bertz CT molecular complexity index is 299. The van der Waals surface area contributed by atoms with E-state index in [1.807, 2.05) is 13.0 Å². The predicted octanol–water partition coefficient (Wildman–Crippen LogP) is 3.05. The van der Waals surface area contributed by atoms with Crippen LogP contribution in [0.4, 0.5) is 5.69 Å². The predicted molar refractivity (Wildman–Crippen MR) is 50.4 cm³/mol. The number of halogens is 1. The zero-order valence-corrected chi connectivity index (χ0v) is 8.11. The summed E-state index contributed by atoms with van der Waals surface area (Å²) < 4.78 is 0. The molecule has 0 aromatic heterocycles. The fourth-order valence-electron chi connectivity index (χ4n) is 0.886. The molecule has 3 nitrogen and oxygen atoms in total. The van der Waals surface area contributed by atoms with E-state index < -0.39 is 4.92 Å². The minimum atomic E-state index is -0.390. The lowest BCUT2D eigenvalue weighted by Crippen LogP contribution is -1.90. The van der Waals surface area contributed by atoms with Crippen LogP contribution in [-0.4, -0.2) is 4.92 Å². The molecular weight excluding hydrogens is 222 g/mol. The molecule has 0 saturated heterocycles. The van der Waals surface area contributed by atoms with Crippen LogP contribution in [0.15, 0.2) is 24.3 Å². The van der Waals surface area contributed by atoms with E-state index >= 15 is 0 Å². The smallest absolute Gasteiger partial charge is 0.258 e. The second kappa shape index (κ2) is 3.67. The largest absolute Gasteiger partial charge is 0.269 e. The molecule has 1 rings (SSSR count). The summed E-state index contributed by atoms with van der Waals surface area (Å²) in [5, 5.41) is 10.4. The highest BCUT2D eigenvalue weighted by atomic mass is 79.9. The molecule has 4 heteroatoms. The van der Waals surface area contributed by atoms with Gasteiger partial charge in [-0.15, -0.1) is 0 Å². The minimum Gasteiger partial charge on any atom is -0.258 e. The zero-order chi connectivity index (χ0) is 9.14. The quantitative estimate of drug-likeness (QED) is 0.445. The number of rotatable bonds is 2. The number of hydrogen-bond donors (Lipinski definition) is 0. The molecule has 1 aromatic carbocycles. The van der Waals surface area contributed by atoms with Crippen LogP contribution < -0.4 is 0 Å². The molecule has 0 aliphatic rings. The van der Waals surface area contributed by atoms with Crippen LogP contribution in [0.2, 0.25) is 0 Å². The first-order valence-corrected chi connectivity index (χ1v) is 4.41. The van der Waals surface area contributed by atoms with Crippen LogP contribution in [0.5, 0.6) is 0 Å². The molecule has 0 spiro atoms. The monoisotopic (exact) mass is 229 g/mol. The van der Waals surface area contributed by atoms with Crippen LogP contribution >= 0.6 is 15.9 Å². The molecule has 1 aromatic rings. The van der Waals surface area contributed by atoms with Crippen molar-refractivity contribution >= 4 is 21.6 Å². The van der Waals surface area contributed by atoms with Gasteiger partial charge in [0.05, 0.1) is 4.92 Å². The normalized spacial score (nSPS) is 12.5. The maximum Gasteiger partial charge on any atom is 0.269 e. The summed E-state index contributed by atoms with van der Waals surface area (Å²) in [6, 6.07) is 6.59. The number of nitro groups is 1. The van der Waals surface area contributed by atoms with Crippen molar-refractivity contribution in [1.82, 2.24) is 0 Å². The van der Waals surface area contributed by atoms with Gasteiger partial charge in [0.15, 0.2) is 0 Å². The highest BCUT2D eigenvalue weighted by Gasteiger charge is 2.07. The van der Waals surface area contributed by atoms with Gasteiger partial charge in [-0.1, -0.05) is 28.1 Å². The lowest BCUT2D eigenvalue weighted by Gasteiger charge is -2.01. The van der Waals surface area contributed by atoms with E-state index in [1.165, 1.54) is 6.07 Å². The molecule has 0 saturated carbocycles. The van der Waals surface area contributed by atoms with Crippen molar-refractivity contribution in [2.24, 2.45) is 0 Å². The highest BCUT2D eigenvalue weighted by Crippen LogP contribution is 2.24. The third-order valence-corrected chi connectivity index (χ3v) is 2.07. The maximum absolute atomic E-state index is 10.4. The van der Waals surface area contributed by atoms with E-state index in [-0.39, 0.29) is 10.5 Å². The Hall–Kier alpha value is -0.900. The molecular formula is C8H8BrNO2. The number of hydrogen-bond acceptors (Lipinski definition) is 2. The number of benzene rings is 1. The Balaban J connectivity index is 3.04. The Morgan fingerprint density at radius 2 is 2.25 bits per heavy atom. The maximum atomic E-state index is 10.4. The van der Waals surface area contributed by atoms with Crippen LogP contribution in [0.3, 0.4) is 0 Å². The van der Waals surface area contributed by atoms with E-state index in [0.29, 0.717) is 0 Å². The van der Waals surface area contributed by atoms with Crippen molar-refractivity contribution in [3.63, 3.8) is 0 Å². The van der Waals surface area contributed by atoms with Gasteiger partial charge in [0.25, 0.3) is 5.69 Å². The first kappa shape index (κ1) is 9.19. The van der Waals surface area contributed by atoms with Crippen molar-refractivity contribution in [2.75, 3.05) is 0 Å². The van der Waals surface area contributed by atoms with Gasteiger partial charge in [-0.3, -0.25) is 10.1 Å². The van der Waals surface area contributed by atoms with Gasteiger partial charge in [-0.05, 0) is 12.5 Å². The van der Waals surface area contributed by atoms with Crippen molar-refractivity contribution in [1.29, 1.82) is 0 Å². The van der Waals surface area contributed by atoms with Gasteiger partial charge < -0.3 is 0 Å². The van der Waals surface area contributed by atoms with Gasteiger partial charge in [0, 0.05) is 17.0 Å². The number of nitro benzene ring substituents is 1. The average Bonchev–Trinajstić information content (AvgIpc) is 2.04. The summed E-state index contributed by atoms with van der Waals surface area (Å²) in [4.78, 5) is 10.1. The zero-order valence-electron chi connectivity index (χ0n) is 6.53. The fourth-order valence-corrected chi connectivity index (χ4v) is 1.17. The van der Waals surface area contributed by atoms with Crippen LogP contribution in [0.1, 0.15) is 17.3 Å². The van der Waals surface area contributed by atoms with Gasteiger partial charge in [-0.25, -0.2) is 0 Å². The topological polar surface area (TPSA) is 43.1 Å². The lowest BCUT2D eigenvalue weighted by atomic mass is 10.1. The van der Waals surface area contributed by atoms with Crippen LogP contribution in [0, 0.1) is 10.1 Å². The summed E-state index contributed by atoms with van der Waals surface area (Å²) in [6.45, 7) is 1.93. The molecule has 64 valence electrons. The second-order valence-corrected chi connectivity index (χ2v) is 3.84. The molecule has 0 radical (unpaired) electrons. The van der Waals surface area contributed by atoms with Crippen molar-refractivity contribution in [3.05, 3.63) is 39.9 Å². The van der Waals surface area contributed by atoms with Gasteiger partial charge in [0.2, 0.25) is 0 Å². The molecule has 0 amide bonds. The Labute approximate surface area is 78.7 Å². The molecule has 0 aliphatic heterocycles. The van der Waals surface area contributed by atoms with Crippen LogP contribution in [-0.2, 0) is 0 Å². The molecule has 0 aliphatic carbocycles. The second-order valence-electron chi connectivity index (χ2n) is 2.47. The third-order valence-electron chi connectivity index (χ3n) is 1.54. The number of nitrogens with zero attached hydrogens (tertiary/aromatic N) is 1. The van der Waals surface area contributed by atoms with Crippen LogP contribution in [0.25, 0.3) is 0 Å². The van der Waals surface area contributed by atoms with E-state index in [0.717, 1.165) is 5.56 Å². The Morgan fingerprint density at radius 3 is 2.75 bits per heavy atom. The first-order valence-electron chi connectivity index (χ1n) is 3.49. The summed E-state index contributed by atoms with van der Waals surface area (Å²) in [7, 11) is 0. The van der Waals surface area contributed by atoms with Gasteiger partial charge in [0.1, 0.15) is 0 Å². The van der Waals surface area contributed by atoms with E-state index in [1.54, 1.807) is 12.1 Å². The summed E-state index contributed by atoms with van der Waals surface area (Å²) >= 11 is 3.34. The van der Waals surface area contributed by atoms with Gasteiger partial charge in [-0.2, -0.15) is 0 Å². The molecule has 0 heterocycles. The standard InChI is InChI=1S/C8H8BrNO2/c1-6(9)7-3-2-4-8(5-7)10(11)12/h2-6H,1H3/t6-/m1/s1. The average molecular weight is 230 g/mol. The van der Waals surface area contributed by atoms with Crippen molar-refractivity contribution in [3.8, 4) is 0 Å². The lowest BCUT2D eigenvalue weighted by molar-refractivity contribution is -0.384. The third kappa shape index (κ3) is 2.04. The fraction of sp³-hybridized carbons (Fsp3) is 0.250. The van der Waals surface area contributed by atoms with E-state index in [4.69, 9.17) is 0 Å². The molecule has 0 bridgehead atoms. The Kier molecular flexibility index (Phi) is 2.81. The highest BCUT2D eigenvalue weighted by molar-refractivity contribution is 9.09. The SMILES string of the molecule is C[C@@H](Br)c1cccc([N+](=O)[O-])c1. The van der Waals surface area contributed by atoms with E-state index in [2.05, 4.69) is 15.9 Å². The minimum absolute atomic E-state index is 0.138. The number of alkyl halides is 1.